The summed E-state index contributed by atoms with van der Waals surface area (Å²) in [5.74, 6) is 0.716. The lowest BCUT2D eigenvalue weighted by Gasteiger charge is -2.50. The molecule has 0 bridgehead atoms. The zero-order valence-electron chi connectivity index (χ0n) is 18.4. The van der Waals surface area contributed by atoms with Crippen molar-refractivity contribution in [2.45, 2.75) is 38.0 Å². The molecule has 162 valence electrons. The van der Waals surface area contributed by atoms with Crippen LogP contribution < -0.4 is 0 Å². The highest BCUT2D eigenvalue weighted by Gasteiger charge is 2.53. The molecule has 1 aromatic heterocycles. The van der Waals surface area contributed by atoms with E-state index in [1.807, 2.05) is 48.7 Å². The molecular weight excluding hydrogens is 400 g/mol. The standard InChI is InChI=1S/C27H26N2O3/c1-17-22-12-11-20-16-28-25(18-7-4-3-5-8-18)29-24(20)27(22,14-13-23(17)30)21-10-6-9-19(15-21)26(31)32-2/h3-10,15-17,22H,11-14H2,1-2H3/t17-,22-,27+/m0/s1. The van der Waals surface area contributed by atoms with E-state index < -0.39 is 5.41 Å². The molecule has 0 saturated heterocycles. The molecular formula is C27H26N2O3. The number of esters is 1. The fourth-order valence-corrected chi connectivity index (χ4v) is 5.72. The van der Waals surface area contributed by atoms with E-state index in [0.717, 1.165) is 35.2 Å². The van der Waals surface area contributed by atoms with Gasteiger partial charge in [0.2, 0.25) is 0 Å². The first-order chi connectivity index (χ1) is 15.5. The Balaban J connectivity index is 1.74. The molecule has 1 heterocycles. The SMILES string of the molecule is COC(=O)c1cccc([C@]23CCC(=O)[C@@H](C)[C@@H]2CCc2cnc(-c4ccccc4)nc23)c1. The average Bonchev–Trinajstić information content (AvgIpc) is 2.85. The van der Waals surface area contributed by atoms with Gasteiger partial charge in [0.15, 0.2) is 5.82 Å². The molecule has 0 aliphatic heterocycles. The number of hydrogen-bond acceptors (Lipinski definition) is 5. The van der Waals surface area contributed by atoms with Crippen molar-refractivity contribution in [1.29, 1.82) is 0 Å². The highest BCUT2D eigenvalue weighted by Crippen LogP contribution is 2.54. The average molecular weight is 427 g/mol. The van der Waals surface area contributed by atoms with Crippen molar-refractivity contribution in [2.75, 3.05) is 7.11 Å². The first kappa shape index (κ1) is 20.6. The van der Waals surface area contributed by atoms with Crippen molar-refractivity contribution in [2.24, 2.45) is 11.8 Å². The van der Waals surface area contributed by atoms with Crippen LogP contribution >= 0.6 is 0 Å². The maximum absolute atomic E-state index is 12.7. The fourth-order valence-electron chi connectivity index (χ4n) is 5.72. The number of nitrogens with zero attached hydrogens (tertiary/aromatic N) is 2. The van der Waals surface area contributed by atoms with Crippen LogP contribution in [0.3, 0.4) is 0 Å². The second kappa shape index (κ2) is 7.97. The van der Waals surface area contributed by atoms with Gasteiger partial charge in [-0.05, 0) is 48.4 Å². The Bertz CT molecular complexity index is 1190. The summed E-state index contributed by atoms with van der Waals surface area (Å²) >= 11 is 0. The van der Waals surface area contributed by atoms with E-state index in [2.05, 4.69) is 18.0 Å². The minimum Gasteiger partial charge on any atom is -0.465 e. The van der Waals surface area contributed by atoms with Crippen LogP contribution in [0, 0.1) is 11.8 Å². The van der Waals surface area contributed by atoms with E-state index >= 15 is 0 Å². The number of aromatic nitrogens is 2. The van der Waals surface area contributed by atoms with Gasteiger partial charge in [0.25, 0.3) is 0 Å². The maximum Gasteiger partial charge on any atom is 0.337 e. The van der Waals surface area contributed by atoms with Crippen LogP contribution in [0.4, 0.5) is 0 Å². The maximum atomic E-state index is 12.7. The number of ketones is 1. The van der Waals surface area contributed by atoms with Crippen LogP contribution in [-0.2, 0) is 21.4 Å². The molecule has 5 rings (SSSR count). The van der Waals surface area contributed by atoms with E-state index in [0.29, 0.717) is 30.0 Å². The van der Waals surface area contributed by atoms with Crippen molar-refractivity contribution in [1.82, 2.24) is 9.97 Å². The summed E-state index contributed by atoms with van der Waals surface area (Å²) in [7, 11) is 1.40. The molecule has 3 aromatic rings. The van der Waals surface area contributed by atoms with E-state index in [4.69, 9.17) is 9.72 Å². The van der Waals surface area contributed by atoms with Crippen LogP contribution in [0.15, 0.2) is 60.8 Å². The number of benzene rings is 2. The van der Waals surface area contributed by atoms with Gasteiger partial charge in [0.1, 0.15) is 5.78 Å². The molecule has 32 heavy (non-hydrogen) atoms. The molecule has 0 spiro atoms. The third kappa shape index (κ3) is 3.15. The molecule has 1 saturated carbocycles. The van der Waals surface area contributed by atoms with Gasteiger partial charge < -0.3 is 4.74 Å². The number of fused-ring (bicyclic) bond motifs is 3. The zero-order chi connectivity index (χ0) is 22.3. The molecule has 1 fully saturated rings. The minimum atomic E-state index is -0.433. The third-order valence-electron chi connectivity index (χ3n) is 7.35. The summed E-state index contributed by atoms with van der Waals surface area (Å²) in [6, 6.07) is 17.7. The molecule has 0 N–H and O–H groups in total. The Morgan fingerprint density at radius 3 is 2.69 bits per heavy atom. The van der Waals surface area contributed by atoms with E-state index in [1.54, 1.807) is 6.07 Å². The van der Waals surface area contributed by atoms with Crippen molar-refractivity contribution in [3.8, 4) is 11.4 Å². The zero-order valence-corrected chi connectivity index (χ0v) is 18.4. The summed E-state index contributed by atoms with van der Waals surface area (Å²) in [6.45, 7) is 2.05. The smallest absolute Gasteiger partial charge is 0.337 e. The molecule has 3 atom stereocenters. The summed E-state index contributed by atoms with van der Waals surface area (Å²) in [6.07, 6.45) is 4.89. The van der Waals surface area contributed by atoms with Crippen LogP contribution in [-0.4, -0.2) is 28.8 Å². The lowest BCUT2D eigenvalue weighted by Crippen LogP contribution is -2.50. The van der Waals surface area contributed by atoms with Crippen LogP contribution in [0.1, 0.15) is 53.4 Å². The Kier molecular flexibility index (Phi) is 5.12. The number of ether oxygens (including phenoxy) is 1. The van der Waals surface area contributed by atoms with Crippen molar-refractivity contribution in [3.63, 3.8) is 0 Å². The fraction of sp³-hybridized carbons (Fsp3) is 0.333. The van der Waals surface area contributed by atoms with Crippen molar-refractivity contribution < 1.29 is 14.3 Å². The number of carbonyl (C=O) groups is 2. The Hall–Kier alpha value is -3.34. The second-order valence-electron chi connectivity index (χ2n) is 8.88. The van der Waals surface area contributed by atoms with Gasteiger partial charge in [-0.3, -0.25) is 4.79 Å². The van der Waals surface area contributed by atoms with Gasteiger partial charge in [0.05, 0.1) is 18.4 Å². The molecule has 0 unspecified atom stereocenters. The second-order valence-corrected chi connectivity index (χ2v) is 8.88. The molecule has 2 aliphatic rings. The summed E-state index contributed by atoms with van der Waals surface area (Å²) < 4.78 is 4.98. The number of carbonyl (C=O) groups excluding carboxylic acids is 2. The number of aryl methyl sites for hydroxylation is 1. The predicted molar refractivity (Wildman–Crippen MR) is 121 cm³/mol. The molecule has 0 radical (unpaired) electrons. The van der Waals surface area contributed by atoms with Crippen LogP contribution in [0.25, 0.3) is 11.4 Å². The van der Waals surface area contributed by atoms with Crippen molar-refractivity contribution in [3.05, 3.63) is 83.2 Å². The third-order valence-corrected chi connectivity index (χ3v) is 7.35. The van der Waals surface area contributed by atoms with Gasteiger partial charge in [-0.15, -0.1) is 0 Å². The van der Waals surface area contributed by atoms with E-state index in [9.17, 15) is 9.59 Å². The lowest BCUT2D eigenvalue weighted by atomic mass is 9.53. The predicted octanol–water partition coefficient (Wildman–Crippen LogP) is 4.78. The highest BCUT2D eigenvalue weighted by molar-refractivity contribution is 5.89. The van der Waals surface area contributed by atoms with Crippen molar-refractivity contribution >= 4 is 11.8 Å². The summed E-state index contributed by atoms with van der Waals surface area (Å²) in [4.78, 5) is 34.8. The molecule has 2 aromatic carbocycles. The Morgan fingerprint density at radius 2 is 1.91 bits per heavy atom. The summed E-state index contributed by atoms with van der Waals surface area (Å²) in [5, 5.41) is 0. The first-order valence-corrected chi connectivity index (χ1v) is 11.2. The molecule has 5 heteroatoms. The first-order valence-electron chi connectivity index (χ1n) is 11.2. The van der Waals surface area contributed by atoms with E-state index in [-0.39, 0.29) is 17.8 Å². The number of Topliss-reactive ketones (excluding diaryl/α,β-unsaturated/α-hetero) is 1. The van der Waals surface area contributed by atoms with Crippen LogP contribution in [0.2, 0.25) is 0 Å². The van der Waals surface area contributed by atoms with Gasteiger partial charge in [-0.2, -0.15) is 0 Å². The van der Waals surface area contributed by atoms with Gasteiger partial charge >= 0.3 is 5.97 Å². The normalized spacial score (nSPS) is 24.4. The largest absolute Gasteiger partial charge is 0.465 e. The van der Waals surface area contributed by atoms with E-state index in [1.165, 1.54) is 7.11 Å². The number of methoxy groups -OCH3 is 1. The monoisotopic (exact) mass is 426 g/mol. The summed E-state index contributed by atoms with van der Waals surface area (Å²) in [5.41, 5.74) is 4.22. The van der Waals surface area contributed by atoms with Gasteiger partial charge in [0, 0.05) is 29.5 Å². The van der Waals surface area contributed by atoms with Gasteiger partial charge in [-0.1, -0.05) is 49.4 Å². The van der Waals surface area contributed by atoms with Crippen LogP contribution in [0.5, 0.6) is 0 Å². The quantitative estimate of drug-likeness (QED) is 0.564. The number of rotatable bonds is 3. The lowest BCUT2D eigenvalue weighted by molar-refractivity contribution is -0.128. The topological polar surface area (TPSA) is 69.2 Å². The Labute approximate surface area is 187 Å². The number of hydrogen-bond donors (Lipinski definition) is 0. The molecule has 0 amide bonds. The Morgan fingerprint density at radius 1 is 1.09 bits per heavy atom. The minimum absolute atomic E-state index is 0.0613. The molecule has 2 aliphatic carbocycles. The highest BCUT2D eigenvalue weighted by atomic mass is 16.5. The van der Waals surface area contributed by atoms with Gasteiger partial charge in [-0.25, -0.2) is 14.8 Å². The molecule has 5 nitrogen and oxygen atoms in total.